The number of nitro groups is 1. The molecule has 154 valence electrons. The minimum absolute atomic E-state index is 0.0256. The van der Waals surface area contributed by atoms with Crippen LogP contribution >= 0.6 is 11.6 Å². The monoisotopic (exact) mass is 417 g/mol. The topological polar surface area (TPSA) is 104 Å². The van der Waals surface area contributed by atoms with E-state index in [1.165, 1.54) is 24.3 Å². The van der Waals surface area contributed by atoms with Crippen LogP contribution in [-0.4, -0.2) is 20.2 Å². The molecule has 0 aliphatic heterocycles. The van der Waals surface area contributed by atoms with Gasteiger partial charge < -0.3 is 15.3 Å². The summed E-state index contributed by atoms with van der Waals surface area (Å²) in [5.74, 6) is 0.150. The fourth-order valence-corrected chi connectivity index (χ4v) is 3.12. The second-order valence-corrected chi connectivity index (χ2v) is 7.46. The van der Waals surface area contributed by atoms with Gasteiger partial charge in [0.15, 0.2) is 0 Å². The Balaban J connectivity index is 2.11. The first-order chi connectivity index (χ1) is 13.7. The summed E-state index contributed by atoms with van der Waals surface area (Å²) in [5, 5.41) is 41.2. The maximum atomic E-state index is 10.7. The van der Waals surface area contributed by atoms with Gasteiger partial charge in [0.25, 0.3) is 5.69 Å². The van der Waals surface area contributed by atoms with Crippen LogP contribution in [0, 0.1) is 16.0 Å². The molecule has 0 aromatic heterocycles. The first-order valence-corrected chi connectivity index (χ1v) is 9.59. The van der Waals surface area contributed by atoms with E-state index in [9.17, 15) is 25.4 Å². The van der Waals surface area contributed by atoms with Gasteiger partial charge in [-0.2, -0.15) is 0 Å². The van der Waals surface area contributed by atoms with E-state index in [0.717, 1.165) is 5.57 Å². The zero-order valence-electron chi connectivity index (χ0n) is 16.2. The molecule has 0 amide bonds. The number of phenolic OH excluding ortho intramolecular Hbond substituents is 1. The average Bonchev–Trinajstić information content (AvgIpc) is 2.66. The number of benzene rings is 2. The molecule has 3 N–H and O–H groups in total. The highest BCUT2D eigenvalue weighted by Gasteiger charge is 2.15. The van der Waals surface area contributed by atoms with E-state index in [1.807, 2.05) is 13.8 Å². The van der Waals surface area contributed by atoms with Crippen LogP contribution in [0.15, 0.2) is 59.8 Å². The van der Waals surface area contributed by atoms with E-state index in [0.29, 0.717) is 17.5 Å². The van der Waals surface area contributed by atoms with E-state index in [1.54, 1.807) is 24.3 Å². The average molecular weight is 418 g/mol. The lowest BCUT2D eigenvalue weighted by atomic mass is 9.94. The third-order valence-corrected chi connectivity index (χ3v) is 4.90. The molecule has 0 heterocycles. The number of phenols is 1. The quantitative estimate of drug-likeness (QED) is 0.309. The maximum Gasteiger partial charge on any atom is 0.269 e. The zero-order chi connectivity index (χ0) is 21.6. The fourth-order valence-electron chi connectivity index (χ4n) is 2.82. The van der Waals surface area contributed by atoms with E-state index in [-0.39, 0.29) is 28.8 Å². The largest absolute Gasteiger partial charge is 0.508 e. The third kappa shape index (κ3) is 6.44. The highest BCUT2D eigenvalue weighted by Crippen LogP contribution is 2.29. The van der Waals surface area contributed by atoms with Gasteiger partial charge >= 0.3 is 0 Å². The number of halogens is 1. The predicted molar refractivity (Wildman–Crippen MR) is 112 cm³/mol. The predicted octanol–water partition coefficient (Wildman–Crippen LogP) is 5.24. The van der Waals surface area contributed by atoms with Gasteiger partial charge in [-0.3, -0.25) is 10.1 Å². The van der Waals surface area contributed by atoms with Crippen molar-refractivity contribution in [2.75, 3.05) is 0 Å². The van der Waals surface area contributed by atoms with Crippen molar-refractivity contribution in [1.29, 1.82) is 0 Å². The van der Waals surface area contributed by atoms with Gasteiger partial charge in [-0.1, -0.05) is 31.5 Å². The standard InChI is InChI=1S/C22H24ClNO5/c1-14(2)16(12-22(27)15-6-8-17(9-7-15)24(28)29)4-3-5-21(26)19-11-10-18(25)13-20(19)23/h3,6-11,13-14,21-22,25-27H,5,12H2,1-2H3/t4?,21-,22-/m1/s1. The smallest absolute Gasteiger partial charge is 0.269 e. The van der Waals surface area contributed by atoms with Crippen LogP contribution < -0.4 is 0 Å². The number of aliphatic hydroxyl groups is 2. The zero-order valence-corrected chi connectivity index (χ0v) is 17.0. The lowest BCUT2D eigenvalue weighted by Gasteiger charge is -2.15. The highest BCUT2D eigenvalue weighted by molar-refractivity contribution is 6.31. The molecule has 2 aromatic carbocycles. The lowest BCUT2D eigenvalue weighted by molar-refractivity contribution is -0.384. The third-order valence-electron chi connectivity index (χ3n) is 4.57. The Morgan fingerprint density at radius 1 is 1.17 bits per heavy atom. The normalized spacial score (nSPS) is 12.9. The van der Waals surface area contributed by atoms with Crippen molar-refractivity contribution in [2.45, 2.75) is 38.9 Å². The molecule has 29 heavy (non-hydrogen) atoms. The van der Waals surface area contributed by atoms with Crippen molar-refractivity contribution >= 4 is 17.3 Å². The van der Waals surface area contributed by atoms with Crippen molar-refractivity contribution in [3.8, 4) is 5.75 Å². The van der Waals surface area contributed by atoms with Crippen LogP contribution in [0.5, 0.6) is 5.75 Å². The molecular formula is C22H24ClNO5. The van der Waals surface area contributed by atoms with E-state index >= 15 is 0 Å². The molecule has 0 saturated heterocycles. The summed E-state index contributed by atoms with van der Waals surface area (Å²) in [7, 11) is 0. The molecule has 2 rings (SSSR count). The van der Waals surface area contributed by atoms with Gasteiger partial charge in [0.1, 0.15) is 5.75 Å². The molecule has 2 aromatic rings. The Bertz CT molecular complexity index is 917. The number of aromatic hydroxyl groups is 1. The van der Waals surface area contributed by atoms with Crippen LogP contribution in [0.4, 0.5) is 5.69 Å². The minimum Gasteiger partial charge on any atom is -0.508 e. The first kappa shape index (κ1) is 22.7. The number of non-ortho nitro benzene ring substituents is 1. The Morgan fingerprint density at radius 2 is 1.83 bits per heavy atom. The lowest BCUT2D eigenvalue weighted by Crippen LogP contribution is -2.03. The molecule has 7 heteroatoms. The molecule has 6 nitrogen and oxygen atoms in total. The van der Waals surface area contributed by atoms with Gasteiger partial charge in [0.05, 0.1) is 22.2 Å². The van der Waals surface area contributed by atoms with Crippen LogP contribution in [0.3, 0.4) is 0 Å². The summed E-state index contributed by atoms with van der Waals surface area (Å²) < 4.78 is 0. The van der Waals surface area contributed by atoms with Crippen molar-refractivity contribution in [2.24, 2.45) is 5.92 Å². The number of aliphatic hydroxyl groups excluding tert-OH is 2. The first-order valence-electron chi connectivity index (χ1n) is 9.21. The molecule has 0 spiro atoms. The van der Waals surface area contributed by atoms with Gasteiger partial charge in [-0.15, -0.1) is 5.73 Å². The van der Waals surface area contributed by atoms with Gasteiger partial charge in [0, 0.05) is 25.0 Å². The molecule has 0 saturated carbocycles. The van der Waals surface area contributed by atoms with Gasteiger partial charge in [-0.25, -0.2) is 0 Å². The number of nitrogens with zero attached hydrogens (tertiary/aromatic N) is 1. The summed E-state index contributed by atoms with van der Waals surface area (Å²) in [4.78, 5) is 10.3. The Labute approximate surface area is 174 Å². The molecule has 0 fully saturated rings. The van der Waals surface area contributed by atoms with Crippen LogP contribution in [0.25, 0.3) is 0 Å². The summed E-state index contributed by atoms with van der Waals surface area (Å²) in [6.07, 6.45) is 0.636. The van der Waals surface area contributed by atoms with E-state index in [4.69, 9.17) is 11.6 Å². The molecular weight excluding hydrogens is 394 g/mol. The summed E-state index contributed by atoms with van der Waals surface area (Å²) in [5.41, 5.74) is 5.09. The molecule has 0 bridgehead atoms. The number of hydrogen-bond acceptors (Lipinski definition) is 5. The summed E-state index contributed by atoms with van der Waals surface area (Å²) in [6.45, 7) is 3.96. The molecule has 0 radical (unpaired) electrons. The number of nitro benzene ring substituents is 1. The maximum absolute atomic E-state index is 10.7. The van der Waals surface area contributed by atoms with Crippen LogP contribution in [0.1, 0.15) is 50.0 Å². The second-order valence-electron chi connectivity index (χ2n) is 7.05. The van der Waals surface area contributed by atoms with Gasteiger partial charge in [-0.05, 0) is 53.0 Å². The number of hydrogen-bond donors (Lipinski definition) is 3. The van der Waals surface area contributed by atoms with Crippen molar-refractivity contribution in [3.05, 3.63) is 86.1 Å². The van der Waals surface area contributed by atoms with Crippen LogP contribution in [0.2, 0.25) is 5.02 Å². The van der Waals surface area contributed by atoms with E-state index in [2.05, 4.69) is 5.73 Å². The Morgan fingerprint density at radius 3 is 2.38 bits per heavy atom. The number of rotatable bonds is 8. The van der Waals surface area contributed by atoms with Crippen molar-refractivity contribution in [3.63, 3.8) is 0 Å². The Hall–Kier alpha value is -2.63. The summed E-state index contributed by atoms with van der Waals surface area (Å²) in [6, 6.07) is 10.2. The molecule has 0 aliphatic carbocycles. The minimum atomic E-state index is -0.844. The molecule has 2 atom stereocenters. The van der Waals surface area contributed by atoms with Crippen molar-refractivity contribution < 1.29 is 20.2 Å². The molecule has 0 aliphatic rings. The fraction of sp³-hybridized carbons (Fsp3) is 0.318. The second kappa shape index (κ2) is 10.2. The van der Waals surface area contributed by atoms with Crippen molar-refractivity contribution in [1.82, 2.24) is 0 Å². The summed E-state index contributed by atoms with van der Waals surface area (Å²) >= 11 is 6.05. The Kier molecular flexibility index (Phi) is 8.00. The highest BCUT2D eigenvalue weighted by atomic mass is 35.5. The van der Waals surface area contributed by atoms with Crippen LogP contribution in [-0.2, 0) is 0 Å². The molecule has 0 unspecified atom stereocenters. The SMILES string of the molecule is CC(C)C(=C=CC[C@@H](O)c1ccc(O)cc1Cl)C[C@@H](O)c1ccc([N+](=O)[O-])cc1. The van der Waals surface area contributed by atoms with Gasteiger partial charge in [0.2, 0.25) is 0 Å². The van der Waals surface area contributed by atoms with E-state index < -0.39 is 17.1 Å².